The Kier molecular flexibility index (Phi) is 3.57. The van der Waals surface area contributed by atoms with E-state index in [-0.39, 0.29) is 5.54 Å². The van der Waals surface area contributed by atoms with E-state index in [2.05, 4.69) is 58.4 Å². The van der Waals surface area contributed by atoms with Crippen LogP contribution in [0.5, 0.6) is 0 Å². The quantitative estimate of drug-likeness (QED) is 0.896. The highest BCUT2D eigenvalue weighted by atomic mass is 79.9. The molecule has 2 nitrogen and oxygen atoms in total. The van der Waals surface area contributed by atoms with E-state index in [4.69, 9.17) is 0 Å². The third-order valence-electron chi connectivity index (χ3n) is 4.66. The molecule has 2 fully saturated rings. The molecule has 4 heteroatoms. The van der Waals surface area contributed by atoms with Crippen molar-refractivity contribution in [3.63, 3.8) is 0 Å². The smallest absolute Gasteiger partial charge is 0.0338 e. The van der Waals surface area contributed by atoms with Crippen molar-refractivity contribution in [2.75, 3.05) is 13.1 Å². The first-order chi connectivity index (χ1) is 8.89. The van der Waals surface area contributed by atoms with Gasteiger partial charge in [0.15, 0.2) is 0 Å². The Balaban J connectivity index is 1.80. The van der Waals surface area contributed by atoms with Gasteiger partial charge in [-0.15, -0.1) is 11.3 Å². The first kappa shape index (κ1) is 14.1. The minimum Gasteiger partial charge on any atom is -0.309 e. The summed E-state index contributed by atoms with van der Waals surface area (Å²) in [7, 11) is 0. The number of nitrogens with one attached hydrogen (secondary N) is 1. The fourth-order valence-electron chi connectivity index (χ4n) is 3.21. The number of hydrogen-bond donors (Lipinski definition) is 1. The molecule has 1 atom stereocenters. The fourth-order valence-corrected chi connectivity index (χ4v) is 4.68. The molecule has 1 N–H and O–H groups in total. The highest BCUT2D eigenvalue weighted by Crippen LogP contribution is 2.45. The number of piperazine rings is 1. The minimum absolute atomic E-state index is 0.225. The van der Waals surface area contributed by atoms with Crippen LogP contribution >= 0.6 is 27.3 Å². The van der Waals surface area contributed by atoms with E-state index in [1.54, 1.807) is 0 Å². The molecule has 0 amide bonds. The third kappa shape index (κ3) is 2.92. The van der Waals surface area contributed by atoms with Gasteiger partial charge in [-0.3, -0.25) is 4.90 Å². The van der Waals surface area contributed by atoms with Gasteiger partial charge in [-0.25, -0.2) is 0 Å². The number of hydrogen-bond acceptors (Lipinski definition) is 3. The van der Waals surface area contributed by atoms with E-state index in [9.17, 15) is 0 Å². The lowest BCUT2D eigenvalue weighted by atomic mass is 9.86. The summed E-state index contributed by atoms with van der Waals surface area (Å²) < 4.78 is 1.22. The summed E-state index contributed by atoms with van der Waals surface area (Å²) in [6.45, 7) is 10.4. The minimum atomic E-state index is 0.225. The van der Waals surface area contributed by atoms with Crippen LogP contribution in [0.4, 0.5) is 0 Å². The predicted octanol–water partition coefficient (Wildman–Crippen LogP) is 3.86. The van der Waals surface area contributed by atoms with E-state index in [0.29, 0.717) is 5.54 Å². The molecule has 1 aromatic heterocycles. The maximum Gasteiger partial charge on any atom is 0.0338 e. The SMILES string of the molecule is CC1(C)CN(Cc2cc(Br)cs2)C(C)(C2CC2)CN1. The van der Waals surface area contributed by atoms with Gasteiger partial charge < -0.3 is 5.32 Å². The Morgan fingerprint density at radius 3 is 2.74 bits per heavy atom. The molecule has 1 aliphatic carbocycles. The molecule has 3 rings (SSSR count). The monoisotopic (exact) mass is 342 g/mol. The lowest BCUT2D eigenvalue weighted by molar-refractivity contribution is 0.00594. The lowest BCUT2D eigenvalue weighted by Gasteiger charge is -2.51. The van der Waals surface area contributed by atoms with Gasteiger partial charge in [-0.05, 0) is 61.5 Å². The van der Waals surface area contributed by atoms with Crippen molar-refractivity contribution in [2.24, 2.45) is 5.92 Å². The number of thiophene rings is 1. The molecule has 1 unspecified atom stereocenters. The second kappa shape index (κ2) is 4.83. The summed E-state index contributed by atoms with van der Waals surface area (Å²) >= 11 is 5.44. The average molecular weight is 343 g/mol. The van der Waals surface area contributed by atoms with Gasteiger partial charge >= 0.3 is 0 Å². The largest absolute Gasteiger partial charge is 0.309 e. The van der Waals surface area contributed by atoms with Crippen molar-refractivity contribution in [3.05, 3.63) is 20.8 Å². The molecule has 0 radical (unpaired) electrons. The number of rotatable bonds is 3. The van der Waals surface area contributed by atoms with Crippen LogP contribution in [0.25, 0.3) is 0 Å². The Morgan fingerprint density at radius 2 is 2.16 bits per heavy atom. The zero-order valence-corrected chi connectivity index (χ0v) is 14.4. The zero-order valence-electron chi connectivity index (χ0n) is 12.0. The second-order valence-electron chi connectivity index (χ2n) is 6.96. The molecule has 1 aliphatic heterocycles. The first-order valence-electron chi connectivity index (χ1n) is 7.12. The average Bonchev–Trinajstić information content (AvgIpc) is 3.10. The van der Waals surface area contributed by atoms with Gasteiger partial charge in [0.05, 0.1) is 0 Å². The van der Waals surface area contributed by atoms with Crippen molar-refractivity contribution in [2.45, 2.75) is 51.2 Å². The fraction of sp³-hybridized carbons (Fsp3) is 0.733. The lowest BCUT2D eigenvalue weighted by Crippen LogP contribution is -2.67. The summed E-state index contributed by atoms with van der Waals surface area (Å²) in [6.07, 6.45) is 2.81. The summed E-state index contributed by atoms with van der Waals surface area (Å²) in [4.78, 5) is 4.19. The molecular weight excluding hydrogens is 320 g/mol. The molecule has 2 aliphatic rings. The molecule has 0 bridgehead atoms. The molecule has 0 aromatic carbocycles. The molecule has 1 aromatic rings. The Morgan fingerprint density at radius 1 is 1.42 bits per heavy atom. The molecular formula is C15H23BrN2S. The van der Waals surface area contributed by atoms with Crippen LogP contribution < -0.4 is 5.32 Å². The predicted molar refractivity (Wildman–Crippen MR) is 85.6 cm³/mol. The molecule has 1 saturated carbocycles. The third-order valence-corrected chi connectivity index (χ3v) is 6.34. The summed E-state index contributed by atoms with van der Waals surface area (Å²) in [5.41, 5.74) is 0.564. The van der Waals surface area contributed by atoms with Gasteiger partial charge in [-0.1, -0.05) is 0 Å². The summed E-state index contributed by atoms with van der Waals surface area (Å²) in [6, 6.07) is 2.27. The van der Waals surface area contributed by atoms with Crippen molar-refractivity contribution in [1.82, 2.24) is 10.2 Å². The number of nitrogens with zero attached hydrogens (tertiary/aromatic N) is 1. The van der Waals surface area contributed by atoms with Crippen molar-refractivity contribution >= 4 is 27.3 Å². The van der Waals surface area contributed by atoms with Crippen LogP contribution in [0.15, 0.2) is 15.9 Å². The maximum absolute atomic E-state index is 3.74. The van der Waals surface area contributed by atoms with Gasteiger partial charge in [0.2, 0.25) is 0 Å². The Labute approximate surface area is 128 Å². The van der Waals surface area contributed by atoms with E-state index in [1.165, 1.54) is 22.2 Å². The highest BCUT2D eigenvalue weighted by Gasteiger charge is 2.49. The number of halogens is 1. The second-order valence-corrected chi connectivity index (χ2v) is 8.87. The molecule has 19 heavy (non-hydrogen) atoms. The summed E-state index contributed by atoms with van der Waals surface area (Å²) in [5.74, 6) is 0.888. The zero-order chi connectivity index (χ0) is 13.7. The highest BCUT2D eigenvalue weighted by molar-refractivity contribution is 9.10. The molecule has 106 valence electrons. The van der Waals surface area contributed by atoms with Crippen LogP contribution in [-0.4, -0.2) is 29.1 Å². The molecule has 0 spiro atoms. The summed E-state index contributed by atoms with van der Waals surface area (Å²) in [5, 5.41) is 5.94. The normalized spacial score (nSPS) is 31.6. The van der Waals surface area contributed by atoms with E-state index < -0.39 is 0 Å². The van der Waals surface area contributed by atoms with E-state index in [1.807, 2.05) is 11.3 Å². The van der Waals surface area contributed by atoms with Crippen LogP contribution in [0.3, 0.4) is 0 Å². The maximum atomic E-state index is 3.74. The van der Waals surface area contributed by atoms with Crippen LogP contribution in [-0.2, 0) is 6.54 Å². The van der Waals surface area contributed by atoms with E-state index >= 15 is 0 Å². The molecule has 1 saturated heterocycles. The van der Waals surface area contributed by atoms with Crippen molar-refractivity contribution in [3.8, 4) is 0 Å². The molecule has 2 heterocycles. The van der Waals surface area contributed by atoms with E-state index in [0.717, 1.165) is 25.6 Å². The van der Waals surface area contributed by atoms with Crippen molar-refractivity contribution in [1.29, 1.82) is 0 Å². The van der Waals surface area contributed by atoms with Gasteiger partial charge in [0, 0.05) is 45.4 Å². The Bertz CT molecular complexity index is 466. The van der Waals surface area contributed by atoms with Crippen LogP contribution in [0.2, 0.25) is 0 Å². The van der Waals surface area contributed by atoms with Crippen LogP contribution in [0, 0.1) is 5.92 Å². The van der Waals surface area contributed by atoms with Gasteiger partial charge in [0.25, 0.3) is 0 Å². The topological polar surface area (TPSA) is 15.3 Å². The van der Waals surface area contributed by atoms with Crippen molar-refractivity contribution < 1.29 is 0 Å². The Hall–Kier alpha value is 0.1000. The first-order valence-corrected chi connectivity index (χ1v) is 8.79. The van der Waals surface area contributed by atoms with Gasteiger partial charge in [0.1, 0.15) is 0 Å². The van der Waals surface area contributed by atoms with Crippen LogP contribution in [0.1, 0.15) is 38.5 Å². The standard InChI is InChI=1S/C15H23BrN2S/c1-14(2)10-18(7-13-6-12(16)8-19-13)15(3,9-17-14)11-4-5-11/h6,8,11,17H,4-5,7,9-10H2,1-3H3. The van der Waals surface area contributed by atoms with Gasteiger partial charge in [-0.2, -0.15) is 0 Å².